The Hall–Kier alpha value is -1.73. The van der Waals surface area contributed by atoms with Crippen LogP contribution in [0.2, 0.25) is 10.0 Å². The standard InChI is InChI=1S/C29H41.C13H8Cl2.C11H17.2ClH.Zr/c1-26(2,3)22-14-18-13-19-15-23(27(4,5)6)25(29(10,11)12)17-21(19)20(18)16-24(22)28(7,8)9;14-12-5-1-3-10(8-12)7-11-4-2-6-13(15)9-11;1-5-9-6-7-10(8-9)11(2,3)4;;;/h14,16-17H,13H2,1-12H3;1-6,8-9H;7-9H,5H2,1-4H3;2*1H;/q-1;;-1;;;+2/p-2. The second-order valence-electron chi connectivity index (χ2n) is 20.8. The molecule has 2 aliphatic rings. The maximum atomic E-state index is 5.98. The van der Waals surface area contributed by atoms with Crippen LogP contribution in [0.15, 0.2) is 84.5 Å². The van der Waals surface area contributed by atoms with Gasteiger partial charge in [0.05, 0.1) is 0 Å². The second-order valence-corrected chi connectivity index (χ2v) is 22.9. The van der Waals surface area contributed by atoms with Crippen LogP contribution in [-0.2, 0) is 52.3 Å². The Kier molecular flexibility index (Phi) is 18.1. The summed E-state index contributed by atoms with van der Waals surface area (Å²) >= 11 is 13.3. The van der Waals surface area contributed by atoms with Crippen LogP contribution in [0.5, 0.6) is 0 Å². The molecule has 6 rings (SSSR count). The Labute approximate surface area is 391 Å². The van der Waals surface area contributed by atoms with Crippen molar-refractivity contribution in [2.45, 2.75) is 145 Å². The van der Waals surface area contributed by atoms with Crippen molar-refractivity contribution < 1.29 is 49.0 Å². The van der Waals surface area contributed by atoms with Gasteiger partial charge in [0.25, 0.3) is 0 Å². The van der Waals surface area contributed by atoms with Crippen LogP contribution in [0.25, 0.3) is 11.1 Å². The Morgan fingerprint density at radius 1 is 0.621 bits per heavy atom. The molecule has 1 atom stereocenters. The zero-order chi connectivity index (χ0) is 42.2. The normalized spacial score (nSPS) is 14.8. The molecule has 0 saturated heterocycles. The van der Waals surface area contributed by atoms with Crippen molar-refractivity contribution in [3.05, 3.63) is 151 Å². The molecule has 0 aliphatic heterocycles. The monoisotopic (exact) mass is 932 g/mol. The summed E-state index contributed by atoms with van der Waals surface area (Å²) < 4.78 is 1.26. The van der Waals surface area contributed by atoms with Gasteiger partial charge in [0.15, 0.2) is 0 Å². The van der Waals surface area contributed by atoms with Crippen LogP contribution in [0.1, 0.15) is 162 Å². The van der Waals surface area contributed by atoms with E-state index in [1.807, 2.05) is 36.4 Å². The van der Waals surface area contributed by atoms with E-state index in [0.717, 1.165) is 27.6 Å². The Balaban J connectivity index is 0.000000336. The molecule has 0 spiro atoms. The first-order valence-electron chi connectivity index (χ1n) is 20.3. The van der Waals surface area contributed by atoms with E-state index in [2.05, 4.69) is 165 Å². The van der Waals surface area contributed by atoms with Crippen LogP contribution < -0.4 is 24.8 Å². The molecule has 58 heavy (non-hydrogen) atoms. The fraction of sp³-hybridized carbons (Fsp3) is 0.453. The Morgan fingerprint density at radius 3 is 1.47 bits per heavy atom. The summed E-state index contributed by atoms with van der Waals surface area (Å²) in [6.45, 7) is 36.9. The minimum Gasteiger partial charge on any atom is -1.00 e. The molecule has 1 unspecified atom stereocenters. The van der Waals surface area contributed by atoms with E-state index >= 15 is 0 Å². The van der Waals surface area contributed by atoms with Gasteiger partial charge in [-0.15, -0.1) is 16.7 Å². The number of rotatable bonds is 3. The Morgan fingerprint density at radius 2 is 1.09 bits per heavy atom. The van der Waals surface area contributed by atoms with Gasteiger partial charge in [-0.2, -0.15) is 29.3 Å². The fourth-order valence-corrected chi connectivity index (χ4v) is 8.44. The van der Waals surface area contributed by atoms with Gasteiger partial charge in [-0.25, -0.2) is 6.08 Å². The Bertz CT molecular complexity index is 1990. The van der Waals surface area contributed by atoms with Crippen molar-refractivity contribution >= 4 is 26.4 Å². The van der Waals surface area contributed by atoms with Crippen LogP contribution in [0.4, 0.5) is 0 Å². The van der Waals surface area contributed by atoms with Crippen LogP contribution >= 0.6 is 23.2 Å². The fourth-order valence-electron chi connectivity index (χ4n) is 7.29. The molecule has 4 aromatic carbocycles. The average molecular weight is 936 g/mol. The minimum absolute atomic E-state index is 0. The van der Waals surface area contributed by atoms with E-state index in [4.69, 9.17) is 23.2 Å². The van der Waals surface area contributed by atoms with Gasteiger partial charge >= 0.3 is 120 Å². The third kappa shape index (κ3) is 13.4. The summed E-state index contributed by atoms with van der Waals surface area (Å²) in [6.07, 6.45) is 10.0. The molecule has 0 N–H and O–H groups in total. The first-order chi connectivity index (χ1) is 25.6. The van der Waals surface area contributed by atoms with E-state index in [-0.39, 0.29) is 46.5 Å². The topological polar surface area (TPSA) is 0 Å². The van der Waals surface area contributed by atoms with Gasteiger partial charge < -0.3 is 24.8 Å². The molecule has 312 valence electrons. The largest absolute Gasteiger partial charge is 1.00 e. The van der Waals surface area contributed by atoms with Gasteiger partial charge in [-0.05, 0) is 39.4 Å². The zero-order valence-corrected chi connectivity index (χ0v) is 43.5. The predicted molar refractivity (Wildman–Crippen MR) is 244 cm³/mol. The molecular weight excluding hydrogens is 870 g/mol. The zero-order valence-electron chi connectivity index (χ0n) is 38.0. The molecule has 0 saturated carbocycles. The number of hydrogen-bond donors (Lipinski definition) is 0. The molecule has 0 amide bonds. The van der Waals surface area contributed by atoms with E-state index in [1.54, 1.807) is 0 Å². The molecule has 0 radical (unpaired) electrons. The first kappa shape index (κ1) is 52.4. The maximum absolute atomic E-state index is 5.98. The van der Waals surface area contributed by atoms with Crippen molar-refractivity contribution in [1.82, 2.24) is 0 Å². The van der Waals surface area contributed by atoms with Crippen molar-refractivity contribution in [2.75, 3.05) is 0 Å². The molecular formula is C53H66Cl4Zr-2. The molecule has 0 nitrogen and oxygen atoms in total. The van der Waals surface area contributed by atoms with Gasteiger partial charge in [-0.1, -0.05) is 152 Å². The van der Waals surface area contributed by atoms with Crippen LogP contribution in [0.3, 0.4) is 0 Å². The van der Waals surface area contributed by atoms with Crippen molar-refractivity contribution in [3.8, 4) is 11.1 Å². The SMILES string of the molecule is CC(C)(C)c1[c-]c2c(cc1C(C)(C)C)-c1cc(C(C)(C)C)c(C(C)(C)C)cc1C2.CCC1[C-]=CC(C(C)(C)C)=C1.Clc1cccc([C](=[Zr+2])c2cccc(Cl)c2)c1.[Cl-].[Cl-]. The third-order valence-electron chi connectivity index (χ3n) is 10.6. The van der Waals surface area contributed by atoms with E-state index in [1.165, 1.54) is 83.9 Å². The van der Waals surface area contributed by atoms with Crippen LogP contribution in [-0.4, -0.2) is 3.21 Å². The molecule has 0 fully saturated rings. The van der Waals surface area contributed by atoms with E-state index in [9.17, 15) is 0 Å². The number of halogens is 4. The van der Waals surface area contributed by atoms with Crippen LogP contribution in [0, 0.1) is 23.5 Å². The summed E-state index contributed by atoms with van der Waals surface area (Å²) in [6, 6.07) is 27.2. The van der Waals surface area contributed by atoms with Gasteiger partial charge in [0, 0.05) is 0 Å². The predicted octanol–water partition coefficient (Wildman–Crippen LogP) is 9.72. The summed E-state index contributed by atoms with van der Waals surface area (Å²) in [5.41, 5.74) is 16.0. The number of allylic oxidation sites excluding steroid dienone is 4. The van der Waals surface area contributed by atoms with Gasteiger partial charge in [0.1, 0.15) is 0 Å². The van der Waals surface area contributed by atoms with Gasteiger partial charge in [0.2, 0.25) is 0 Å². The summed E-state index contributed by atoms with van der Waals surface area (Å²) in [7, 11) is 0. The summed E-state index contributed by atoms with van der Waals surface area (Å²) in [5, 5.41) is 1.53. The molecule has 5 heteroatoms. The number of fused-ring (bicyclic) bond motifs is 3. The third-order valence-corrected chi connectivity index (χ3v) is 12.5. The first-order valence-corrected chi connectivity index (χ1v) is 22.3. The van der Waals surface area contributed by atoms with E-state index in [0.29, 0.717) is 11.3 Å². The van der Waals surface area contributed by atoms with Crippen molar-refractivity contribution in [1.29, 1.82) is 0 Å². The number of hydrogen-bond acceptors (Lipinski definition) is 0. The molecule has 2 aliphatic carbocycles. The summed E-state index contributed by atoms with van der Waals surface area (Å²) in [5.74, 6) is 0.573. The second kappa shape index (κ2) is 20.0. The molecule has 0 aromatic heterocycles. The quantitative estimate of drug-likeness (QED) is 0.158. The molecule has 0 heterocycles. The average Bonchev–Trinajstić information content (AvgIpc) is 3.71. The summed E-state index contributed by atoms with van der Waals surface area (Å²) in [4.78, 5) is 0. The van der Waals surface area contributed by atoms with Crippen molar-refractivity contribution in [3.63, 3.8) is 0 Å². The molecule has 0 bridgehead atoms. The van der Waals surface area contributed by atoms with E-state index < -0.39 is 0 Å². The van der Waals surface area contributed by atoms with Gasteiger partial charge in [-0.3, -0.25) is 6.08 Å². The van der Waals surface area contributed by atoms with Crippen molar-refractivity contribution in [2.24, 2.45) is 11.3 Å². The number of benzene rings is 4. The maximum Gasteiger partial charge on any atom is -1.00 e. The minimum atomic E-state index is 0. The molecule has 4 aromatic rings. The smallest absolute Gasteiger partial charge is 1.00 e.